The van der Waals surface area contributed by atoms with Crippen LogP contribution in [0.2, 0.25) is 0 Å². The van der Waals surface area contributed by atoms with E-state index in [4.69, 9.17) is 9.84 Å². The summed E-state index contributed by atoms with van der Waals surface area (Å²) in [6, 6.07) is 1.47. The molecule has 2 unspecified atom stereocenters. The van der Waals surface area contributed by atoms with Crippen molar-refractivity contribution in [1.29, 1.82) is 0 Å². The summed E-state index contributed by atoms with van der Waals surface area (Å²) in [6.45, 7) is 2.49. The largest absolute Gasteiger partial charge is 0.478 e. The van der Waals surface area contributed by atoms with Gasteiger partial charge in [0.15, 0.2) is 0 Å². The normalized spacial score (nSPS) is 26.4. The predicted octanol–water partition coefficient (Wildman–Crippen LogP) is 1.49. The zero-order valence-electron chi connectivity index (χ0n) is 10.4. The molecule has 1 aliphatic heterocycles. The van der Waals surface area contributed by atoms with E-state index in [1.54, 1.807) is 6.92 Å². The van der Waals surface area contributed by atoms with Gasteiger partial charge in [-0.2, -0.15) is 0 Å². The third kappa shape index (κ3) is 3.05. The molecule has 0 spiro atoms. The lowest BCUT2D eigenvalue weighted by Crippen LogP contribution is -2.43. The van der Waals surface area contributed by atoms with E-state index in [1.165, 1.54) is 12.3 Å². The van der Waals surface area contributed by atoms with Crippen LogP contribution >= 0.6 is 15.9 Å². The van der Waals surface area contributed by atoms with Crippen molar-refractivity contribution in [2.75, 3.05) is 18.5 Å². The Labute approximate surface area is 118 Å². The van der Waals surface area contributed by atoms with Crippen LogP contribution < -0.4 is 5.32 Å². The van der Waals surface area contributed by atoms with Crippen molar-refractivity contribution in [2.24, 2.45) is 0 Å². The van der Waals surface area contributed by atoms with Gasteiger partial charge in [0.05, 0.1) is 6.10 Å². The first-order chi connectivity index (χ1) is 8.92. The Kier molecular flexibility index (Phi) is 4.07. The average Bonchev–Trinajstić information content (AvgIpc) is 2.68. The fourth-order valence-electron chi connectivity index (χ4n) is 1.98. The molecule has 1 aliphatic rings. The number of hydrogen-bond acceptors (Lipinski definition) is 5. The van der Waals surface area contributed by atoms with Crippen LogP contribution in [0.4, 0.5) is 5.82 Å². The van der Waals surface area contributed by atoms with Crippen molar-refractivity contribution in [3.8, 4) is 0 Å². The highest BCUT2D eigenvalue weighted by molar-refractivity contribution is 9.10. The second-order valence-electron chi connectivity index (χ2n) is 4.58. The fourth-order valence-corrected chi connectivity index (χ4v) is 2.31. The van der Waals surface area contributed by atoms with Crippen molar-refractivity contribution >= 4 is 27.7 Å². The molecule has 1 aromatic rings. The molecule has 0 saturated carbocycles. The summed E-state index contributed by atoms with van der Waals surface area (Å²) < 4.78 is 5.91. The number of nitrogens with zero attached hydrogens (tertiary/aromatic N) is 1. The van der Waals surface area contributed by atoms with Gasteiger partial charge in [-0.25, -0.2) is 9.78 Å². The highest BCUT2D eigenvalue weighted by atomic mass is 79.9. The zero-order valence-corrected chi connectivity index (χ0v) is 12.0. The van der Waals surface area contributed by atoms with Crippen LogP contribution in [0.3, 0.4) is 0 Å². The van der Waals surface area contributed by atoms with E-state index in [9.17, 15) is 9.90 Å². The van der Waals surface area contributed by atoms with E-state index < -0.39 is 11.6 Å². The summed E-state index contributed by atoms with van der Waals surface area (Å²) in [6.07, 6.45) is 1.73. The van der Waals surface area contributed by atoms with Crippen LogP contribution in [0.25, 0.3) is 0 Å². The van der Waals surface area contributed by atoms with Gasteiger partial charge in [-0.15, -0.1) is 0 Å². The van der Waals surface area contributed by atoms with Crippen molar-refractivity contribution in [3.63, 3.8) is 0 Å². The molecule has 0 amide bonds. The van der Waals surface area contributed by atoms with Gasteiger partial charge in [-0.3, -0.25) is 0 Å². The van der Waals surface area contributed by atoms with Gasteiger partial charge in [-0.05, 0) is 28.9 Å². The minimum Gasteiger partial charge on any atom is -0.478 e. The zero-order chi connectivity index (χ0) is 14.0. The van der Waals surface area contributed by atoms with E-state index in [0.29, 0.717) is 17.5 Å². The van der Waals surface area contributed by atoms with Crippen molar-refractivity contribution in [1.82, 2.24) is 4.98 Å². The number of aliphatic hydroxyl groups is 1. The lowest BCUT2D eigenvalue weighted by molar-refractivity contribution is -0.0176. The first-order valence-electron chi connectivity index (χ1n) is 5.89. The third-order valence-corrected chi connectivity index (χ3v) is 3.74. The number of aromatic nitrogens is 1. The quantitative estimate of drug-likeness (QED) is 0.774. The second kappa shape index (κ2) is 5.44. The number of pyridine rings is 1. The summed E-state index contributed by atoms with van der Waals surface area (Å²) in [5.74, 6) is -0.831. The van der Waals surface area contributed by atoms with Gasteiger partial charge < -0.3 is 20.3 Å². The first-order valence-corrected chi connectivity index (χ1v) is 6.68. The molecule has 19 heavy (non-hydrogen) atoms. The number of rotatable bonds is 4. The average molecular weight is 331 g/mol. The number of anilines is 1. The molecule has 2 atom stereocenters. The molecule has 7 heteroatoms. The molecule has 0 radical (unpaired) electrons. The Hall–Kier alpha value is -1.18. The topological polar surface area (TPSA) is 91.7 Å². The molecule has 0 aromatic carbocycles. The maximum Gasteiger partial charge on any atom is 0.339 e. The molecule has 2 heterocycles. The van der Waals surface area contributed by atoms with E-state index in [0.717, 1.165) is 0 Å². The molecule has 2 rings (SSSR count). The number of halogens is 1. The minimum atomic E-state index is -1.07. The molecule has 104 valence electrons. The summed E-state index contributed by atoms with van der Waals surface area (Å²) >= 11 is 3.18. The van der Waals surface area contributed by atoms with Crippen molar-refractivity contribution < 1.29 is 19.7 Å². The number of carboxylic acids is 1. The van der Waals surface area contributed by atoms with Crippen LogP contribution in [0.15, 0.2) is 16.7 Å². The molecule has 0 bridgehead atoms. The summed E-state index contributed by atoms with van der Waals surface area (Å²) in [4.78, 5) is 15.2. The van der Waals surface area contributed by atoms with Gasteiger partial charge in [0, 0.05) is 30.2 Å². The van der Waals surface area contributed by atoms with Gasteiger partial charge in [-0.1, -0.05) is 0 Å². The maximum atomic E-state index is 11.1. The monoisotopic (exact) mass is 330 g/mol. The highest BCUT2D eigenvalue weighted by Crippen LogP contribution is 2.26. The molecule has 1 saturated heterocycles. The number of nitrogens with one attached hydrogen (secondary N) is 1. The molecule has 0 aliphatic carbocycles. The fraction of sp³-hybridized carbons (Fsp3) is 0.500. The van der Waals surface area contributed by atoms with E-state index in [-0.39, 0.29) is 24.0 Å². The summed E-state index contributed by atoms with van der Waals surface area (Å²) in [5.41, 5.74) is -0.936. The van der Waals surface area contributed by atoms with Crippen LogP contribution in [-0.2, 0) is 4.74 Å². The number of ether oxygens (including phenoxy) is 1. The Morgan fingerprint density at radius 3 is 3.05 bits per heavy atom. The van der Waals surface area contributed by atoms with Crippen LogP contribution in [0.5, 0.6) is 0 Å². The number of carbonyl (C=O) groups is 1. The Balaban J connectivity index is 2.13. The summed E-state index contributed by atoms with van der Waals surface area (Å²) in [5, 5.41) is 22.3. The van der Waals surface area contributed by atoms with Gasteiger partial charge in [0.1, 0.15) is 17.0 Å². The minimum absolute atomic E-state index is 0.0598. The molecular formula is C12H15BrN2O4. The SMILES string of the molecule is CC1OCCC1(O)CNc1ncc(Br)cc1C(=O)O. The molecule has 1 fully saturated rings. The van der Waals surface area contributed by atoms with E-state index in [1.807, 2.05) is 0 Å². The highest BCUT2D eigenvalue weighted by Gasteiger charge is 2.39. The molecular weight excluding hydrogens is 316 g/mol. The second-order valence-corrected chi connectivity index (χ2v) is 5.49. The van der Waals surface area contributed by atoms with Crippen molar-refractivity contribution in [2.45, 2.75) is 25.0 Å². The third-order valence-electron chi connectivity index (χ3n) is 3.31. The molecule has 1 aromatic heterocycles. The Morgan fingerprint density at radius 2 is 2.47 bits per heavy atom. The lowest BCUT2D eigenvalue weighted by Gasteiger charge is -2.26. The van der Waals surface area contributed by atoms with Gasteiger partial charge in [0.25, 0.3) is 0 Å². The first kappa shape index (κ1) is 14.2. The Morgan fingerprint density at radius 1 is 1.74 bits per heavy atom. The number of carboxylic acid groups (broad SMARTS) is 1. The van der Waals surface area contributed by atoms with Crippen LogP contribution in [0, 0.1) is 0 Å². The summed E-state index contributed by atoms with van der Waals surface area (Å²) in [7, 11) is 0. The van der Waals surface area contributed by atoms with E-state index in [2.05, 4.69) is 26.2 Å². The van der Waals surface area contributed by atoms with Crippen molar-refractivity contribution in [3.05, 3.63) is 22.3 Å². The standard InChI is InChI=1S/C12H15BrN2O4/c1-7-12(18,2-3-19-7)6-15-10-9(11(16)17)4-8(13)5-14-10/h4-5,7,18H,2-3,6H2,1H3,(H,14,15)(H,16,17). The number of aromatic carboxylic acids is 1. The van der Waals surface area contributed by atoms with Gasteiger partial charge in [0.2, 0.25) is 0 Å². The van der Waals surface area contributed by atoms with E-state index >= 15 is 0 Å². The maximum absolute atomic E-state index is 11.1. The molecule has 6 nitrogen and oxygen atoms in total. The molecule has 3 N–H and O–H groups in total. The van der Waals surface area contributed by atoms with Gasteiger partial charge >= 0.3 is 5.97 Å². The van der Waals surface area contributed by atoms with Crippen LogP contribution in [0.1, 0.15) is 23.7 Å². The predicted molar refractivity (Wildman–Crippen MR) is 72.4 cm³/mol. The Bertz CT molecular complexity index is 497. The lowest BCUT2D eigenvalue weighted by atomic mass is 9.97. The smallest absolute Gasteiger partial charge is 0.339 e. The number of hydrogen-bond donors (Lipinski definition) is 3. The van der Waals surface area contributed by atoms with Crippen LogP contribution in [-0.4, -0.2) is 46.0 Å².